The number of nitrogens with one attached hydrogen (secondary N) is 1. The molecule has 1 atom stereocenters. The molecule has 1 fully saturated rings. The fourth-order valence-corrected chi connectivity index (χ4v) is 3.38. The van der Waals surface area contributed by atoms with E-state index in [2.05, 4.69) is 25.9 Å². The van der Waals surface area contributed by atoms with Gasteiger partial charge in [0.15, 0.2) is 6.29 Å². The van der Waals surface area contributed by atoms with E-state index in [1.165, 1.54) is 0 Å². The smallest absolute Gasteiger partial charge is 0.410 e. The minimum Gasteiger partial charge on any atom is -0.444 e. The third kappa shape index (κ3) is 3.98. The van der Waals surface area contributed by atoms with E-state index in [4.69, 9.17) is 4.74 Å². The Bertz CT molecular complexity index is 826. The number of likely N-dealkylation sites (tertiary alicyclic amines) is 1. The number of hydrogen-bond donors (Lipinski definition) is 1. The molecule has 7 heteroatoms. The van der Waals surface area contributed by atoms with Crippen LogP contribution in [-0.2, 0) is 4.74 Å². The fraction of sp³-hybridized carbons (Fsp3) is 0.421. The lowest BCUT2D eigenvalue weighted by Crippen LogP contribution is -2.36. The number of hydrogen-bond acceptors (Lipinski definition) is 4. The van der Waals surface area contributed by atoms with E-state index in [-0.39, 0.29) is 12.1 Å². The Labute approximate surface area is 161 Å². The number of ether oxygens (including phenoxy) is 1. The van der Waals surface area contributed by atoms with E-state index in [9.17, 15) is 9.59 Å². The molecular formula is C19H22BrN3O3. The van der Waals surface area contributed by atoms with Crippen LogP contribution in [0.15, 0.2) is 28.9 Å². The van der Waals surface area contributed by atoms with E-state index in [0.717, 1.165) is 40.7 Å². The molecule has 1 N–H and O–H groups in total. The molecule has 0 unspecified atom stereocenters. The predicted octanol–water partition coefficient (Wildman–Crippen LogP) is 4.72. The van der Waals surface area contributed by atoms with E-state index < -0.39 is 5.60 Å². The van der Waals surface area contributed by atoms with Gasteiger partial charge in [-0.25, -0.2) is 9.78 Å². The Kier molecular flexibility index (Phi) is 5.18. The van der Waals surface area contributed by atoms with Crippen molar-refractivity contribution >= 4 is 28.3 Å². The maximum Gasteiger partial charge on any atom is 0.410 e. The van der Waals surface area contributed by atoms with E-state index >= 15 is 0 Å². The first kappa shape index (κ1) is 18.6. The Morgan fingerprint density at radius 2 is 2.19 bits per heavy atom. The molecule has 0 saturated carbocycles. The van der Waals surface area contributed by atoms with Gasteiger partial charge in [-0.3, -0.25) is 9.69 Å². The number of nitrogens with zero attached hydrogens (tertiary/aromatic N) is 2. The first-order chi connectivity index (χ1) is 12.3. The van der Waals surface area contributed by atoms with Gasteiger partial charge in [-0.15, -0.1) is 0 Å². The molecule has 6 nitrogen and oxygen atoms in total. The van der Waals surface area contributed by atoms with Crippen LogP contribution in [0.3, 0.4) is 0 Å². The monoisotopic (exact) mass is 419 g/mol. The molecule has 1 aliphatic rings. The first-order valence-electron chi connectivity index (χ1n) is 8.58. The van der Waals surface area contributed by atoms with Crippen molar-refractivity contribution in [3.05, 3.63) is 40.3 Å². The van der Waals surface area contributed by atoms with Gasteiger partial charge < -0.3 is 9.72 Å². The maximum absolute atomic E-state index is 12.5. The van der Waals surface area contributed by atoms with Gasteiger partial charge in [0.05, 0.1) is 17.9 Å². The zero-order valence-corrected chi connectivity index (χ0v) is 16.7. The zero-order chi connectivity index (χ0) is 18.9. The molecule has 1 aromatic carbocycles. The largest absolute Gasteiger partial charge is 0.444 e. The molecule has 2 aromatic rings. The number of aldehydes is 1. The molecule has 138 valence electrons. The zero-order valence-electron chi connectivity index (χ0n) is 15.1. The van der Waals surface area contributed by atoms with Crippen molar-refractivity contribution in [3.8, 4) is 11.3 Å². The van der Waals surface area contributed by atoms with Crippen molar-refractivity contribution in [1.82, 2.24) is 14.9 Å². The van der Waals surface area contributed by atoms with E-state index in [1.54, 1.807) is 17.2 Å². The van der Waals surface area contributed by atoms with Crippen molar-refractivity contribution in [2.45, 2.75) is 45.3 Å². The quantitative estimate of drug-likeness (QED) is 0.729. The molecule has 2 heterocycles. The van der Waals surface area contributed by atoms with Gasteiger partial charge >= 0.3 is 6.09 Å². The molecule has 0 bridgehead atoms. The molecule has 3 rings (SSSR count). The van der Waals surface area contributed by atoms with Crippen LogP contribution >= 0.6 is 15.9 Å². The number of benzene rings is 1. The fourth-order valence-electron chi connectivity index (χ4n) is 3.04. The molecule has 1 aromatic heterocycles. The van der Waals surface area contributed by atoms with Gasteiger partial charge in [0.25, 0.3) is 0 Å². The first-order valence-corrected chi connectivity index (χ1v) is 9.37. The van der Waals surface area contributed by atoms with Crippen LogP contribution in [0, 0.1) is 0 Å². The SMILES string of the molecule is CC(C)(C)OC(=O)N1CCC[C@H]1c1ncc(-c2ccc(Br)c(C=O)c2)[nH]1. The normalized spacial score (nSPS) is 17.4. The molecule has 0 aliphatic carbocycles. The number of halogens is 1. The van der Waals surface area contributed by atoms with Crippen molar-refractivity contribution in [1.29, 1.82) is 0 Å². The molecule has 0 radical (unpaired) electrons. The van der Waals surface area contributed by atoms with Gasteiger partial charge in [-0.05, 0) is 45.7 Å². The summed E-state index contributed by atoms with van der Waals surface area (Å²) in [5.74, 6) is 0.735. The lowest BCUT2D eigenvalue weighted by Gasteiger charge is -2.27. The Balaban J connectivity index is 1.82. The van der Waals surface area contributed by atoms with Crippen molar-refractivity contribution in [2.24, 2.45) is 0 Å². The highest BCUT2D eigenvalue weighted by Gasteiger charge is 2.34. The van der Waals surface area contributed by atoms with Gasteiger partial charge in [0, 0.05) is 22.1 Å². The second kappa shape index (κ2) is 7.23. The summed E-state index contributed by atoms with van der Waals surface area (Å²) in [5.41, 5.74) is 1.73. The summed E-state index contributed by atoms with van der Waals surface area (Å²) in [5, 5.41) is 0. The van der Waals surface area contributed by atoms with Crippen LogP contribution in [0.2, 0.25) is 0 Å². The summed E-state index contributed by atoms with van der Waals surface area (Å²) in [6.45, 7) is 6.24. The maximum atomic E-state index is 12.5. The van der Waals surface area contributed by atoms with Crippen LogP contribution in [0.1, 0.15) is 55.8 Å². The highest BCUT2D eigenvalue weighted by molar-refractivity contribution is 9.10. The number of amides is 1. The van der Waals surface area contributed by atoms with Crippen molar-refractivity contribution in [3.63, 3.8) is 0 Å². The second-order valence-corrected chi connectivity index (χ2v) is 8.22. The number of aromatic nitrogens is 2. The van der Waals surface area contributed by atoms with E-state index in [0.29, 0.717) is 12.1 Å². The summed E-state index contributed by atoms with van der Waals surface area (Å²) < 4.78 is 6.26. The summed E-state index contributed by atoms with van der Waals surface area (Å²) in [6.07, 6.45) is 3.98. The average molecular weight is 420 g/mol. The number of carbonyl (C=O) groups is 2. The standard InChI is InChI=1S/C19H22BrN3O3/c1-19(2,3)26-18(25)23-8-4-5-16(23)17-21-10-15(22-17)12-6-7-14(20)13(9-12)11-24/h6-7,9-11,16H,4-5,8H2,1-3H3,(H,21,22)/t16-/m0/s1. The number of carbonyl (C=O) groups excluding carboxylic acids is 2. The second-order valence-electron chi connectivity index (χ2n) is 7.37. The van der Waals surface area contributed by atoms with Crippen LogP contribution in [0.25, 0.3) is 11.3 Å². The number of H-pyrrole nitrogens is 1. The van der Waals surface area contributed by atoms with Crippen LogP contribution in [-0.4, -0.2) is 39.4 Å². The number of rotatable bonds is 3. The average Bonchev–Trinajstić information content (AvgIpc) is 3.22. The highest BCUT2D eigenvalue weighted by atomic mass is 79.9. The van der Waals surface area contributed by atoms with Gasteiger partial charge in [-0.2, -0.15) is 0 Å². The molecule has 1 saturated heterocycles. The van der Waals surface area contributed by atoms with Crippen LogP contribution in [0.5, 0.6) is 0 Å². The summed E-state index contributed by atoms with van der Waals surface area (Å²) in [4.78, 5) is 33.1. The molecular weight excluding hydrogens is 398 g/mol. The molecule has 1 aliphatic heterocycles. The predicted molar refractivity (Wildman–Crippen MR) is 102 cm³/mol. The number of aromatic amines is 1. The van der Waals surface area contributed by atoms with Crippen LogP contribution < -0.4 is 0 Å². The lowest BCUT2D eigenvalue weighted by molar-refractivity contribution is 0.0218. The van der Waals surface area contributed by atoms with Gasteiger partial charge in [0.1, 0.15) is 11.4 Å². The summed E-state index contributed by atoms with van der Waals surface area (Å²) in [6, 6.07) is 5.42. The highest BCUT2D eigenvalue weighted by Crippen LogP contribution is 2.33. The third-order valence-corrected chi connectivity index (χ3v) is 4.95. The van der Waals surface area contributed by atoms with Crippen molar-refractivity contribution < 1.29 is 14.3 Å². The minimum atomic E-state index is -0.527. The van der Waals surface area contributed by atoms with Gasteiger partial charge in [0.2, 0.25) is 0 Å². The van der Waals surface area contributed by atoms with Crippen molar-refractivity contribution in [2.75, 3.05) is 6.54 Å². The van der Waals surface area contributed by atoms with Crippen LogP contribution in [0.4, 0.5) is 4.79 Å². The Hall–Kier alpha value is -2.15. The molecule has 0 spiro atoms. The van der Waals surface area contributed by atoms with Gasteiger partial charge in [-0.1, -0.05) is 22.0 Å². The Morgan fingerprint density at radius 3 is 2.88 bits per heavy atom. The number of imidazole rings is 1. The summed E-state index contributed by atoms with van der Waals surface area (Å²) >= 11 is 3.35. The van der Waals surface area contributed by atoms with E-state index in [1.807, 2.05) is 32.9 Å². The summed E-state index contributed by atoms with van der Waals surface area (Å²) in [7, 11) is 0. The lowest BCUT2D eigenvalue weighted by atomic mass is 10.1. The Morgan fingerprint density at radius 1 is 1.42 bits per heavy atom. The third-order valence-electron chi connectivity index (χ3n) is 4.23. The minimum absolute atomic E-state index is 0.125. The molecule has 26 heavy (non-hydrogen) atoms. The topological polar surface area (TPSA) is 75.3 Å². The molecule has 1 amide bonds.